The Labute approximate surface area is 191 Å². The van der Waals surface area contributed by atoms with Crippen LogP contribution in [-0.2, 0) is 16.6 Å². The molecule has 3 aromatic rings. The van der Waals surface area contributed by atoms with Crippen LogP contribution in [0.3, 0.4) is 0 Å². The number of rotatable bonds is 7. The third-order valence-corrected chi connectivity index (χ3v) is 5.67. The van der Waals surface area contributed by atoms with Crippen LogP contribution in [0.5, 0.6) is 0 Å². The van der Waals surface area contributed by atoms with Crippen molar-refractivity contribution in [1.29, 1.82) is 0 Å². The number of hydrogen-bond acceptors (Lipinski definition) is 6. The first kappa shape index (κ1) is 22.8. The fraction of sp³-hybridized carbons (Fsp3) is 0.400. The molecule has 33 heavy (non-hydrogen) atoms. The highest BCUT2D eigenvalue weighted by molar-refractivity contribution is 5.94. The smallest absolute Gasteiger partial charge is 0.238 e. The molecule has 0 radical (unpaired) electrons. The van der Waals surface area contributed by atoms with Crippen LogP contribution in [0.4, 0.5) is 10.2 Å². The lowest BCUT2D eigenvalue weighted by Gasteiger charge is -2.10. The zero-order valence-electron chi connectivity index (χ0n) is 19.2. The van der Waals surface area contributed by atoms with Gasteiger partial charge in [0.2, 0.25) is 23.4 Å². The minimum Gasteiger partial charge on any atom is -0.338 e. The Hall–Kier alpha value is -3.42. The number of benzene rings is 1. The average molecular weight is 451 g/mol. The normalized spacial score (nSPS) is 17.6. The van der Waals surface area contributed by atoms with Crippen molar-refractivity contribution in [3.05, 3.63) is 59.4 Å². The number of aromatic nitrogens is 3. The quantitative estimate of drug-likeness (QED) is 0.517. The van der Waals surface area contributed by atoms with Crippen molar-refractivity contribution in [2.24, 2.45) is 5.92 Å². The zero-order valence-corrected chi connectivity index (χ0v) is 19.2. The predicted octanol–water partition coefficient (Wildman–Crippen LogP) is 4.85. The van der Waals surface area contributed by atoms with Crippen molar-refractivity contribution in [1.82, 2.24) is 15.1 Å². The van der Waals surface area contributed by atoms with E-state index in [2.05, 4.69) is 20.4 Å². The Morgan fingerprint density at radius 3 is 2.55 bits per heavy atom. The van der Waals surface area contributed by atoms with Gasteiger partial charge in [-0.15, -0.1) is 0 Å². The molecule has 2 heterocycles. The lowest BCUT2D eigenvalue weighted by molar-refractivity contribution is -0.117. The van der Waals surface area contributed by atoms with Crippen molar-refractivity contribution in [2.75, 3.05) is 5.32 Å². The lowest BCUT2D eigenvalue weighted by atomic mass is 9.96. The van der Waals surface area contributed by atoms with Gasteiger partial charge in [0.15, 0.2) is 0 Å². The van der Waals surface area contributed by atoms with Crippen molar-refractivity contribution in [2.45, 2.75) is 58.5 Å². The van der Waals surface area contributed by atoms with Gasteiger partial charge >= 0.3 is 0 Å². The number of alkyl halides is 1. The summed E-state index contributed by atoms with van der Waals surface area (Å²) in [5.41, 5.74) is 3.64. The number of aryl methyl sites for hydroxylation is 2. The molecule has 0 bridgehead atoms. The van der Waals surface area contributed by atoms with Crippen molar-refractivity contribution < 1.29 is 18.5 Å². The van der Waals surface area contributed by atoms with Crippen LogP contribution >= 0.6 is 0 Å². The molecule has 172 valence electrons. The maximum atomic E-state index is 13.1. The van der Waals surface area contributed by atoms with Crippen LogP contribution in [0.1, 0.15) is 61.2 Å². The van der Waals surface area contributed by atoms with E-state index in [1.54, 1.807) is 12.3 Å². The van der Waals surface area contributed by atoms with Crippen LogP contribution in [0.15, 0.2) is 41.1 Å². The van der Waals surface area contributed by atoms with Gasteiger partial charge in [-0.05, 0) is 54.2 Å². The van der Waals surface area contributed by atoms with E-state index < -0.39 is 12.1 Å². The Balaban J connectivity index is 1.41. The van der Waals surface area contributed by atoms with Crippen LogP contribution in [0, 0.1) is 12.8 Å². The first-order valence-electron chi connectivity index (χ1n) is 11.0. The molecular formula is C25H27FN4O3. The molecule has 7 nitrogen and oxygen atoms in total. The van der Waals surface area contributed by atoms with E-state index in [-0.39, 0.29) is 35.8 Å². The van der Waals surface area contributed by atoms with Crippen LogP contribution in [-0.4, -0.2) is 33.0 Å². The summed E-state index contributed by atoms with van der Waals surface area (Å²) in [6.07, 6.45) is 1.69. The number of pyridine rings is 1. The number of nitrogens with one attached hydrogen (secondary N) is 1. The number of Topliss-reactive ketones (excluding diaryl/α,β-unsaturated/α-hetero) is 1. The molecule has 1 amide bonds. The van der Waals surface area contributed by atoms with E-state index in [0.29, 0.717) is 18.1 Å². The van der Waals surface area contributed by atoms with Gasteiger partial charge in [-0.3, -0.25) is 9.59 Å². The molecule has 1 saturated carbocycles. The highest BCUT2D eigenvalue weighted by atomic mass is 19.1. The summed E-state index contributed by atoms with van der Waals surface area (Å²) in [7, 11) is 0. The molecule has 1 N–H and O–H groups in total. The first-order valence-corrected chi connectivity index (χ1v) is 11.0. The van der Waals surface area contributed by atoms with Gasteiger partial charge in [0.1, 0.15) is 12.0 Å². The molecule has 1 fully saturated rings. The van der Waals surface area contributed by atoms with Gasteiger partial charge in [0.05, 0.1) is 5.92 Å². The molecule has 0 spiro atoms. The second kappa shape index (κ2) is 8.84. The predicted molar refractivity (Wildman–Crippen MR) is 122 cm³/mol. The third kappa shape index (κ3) is 5.32. The summed E-state index contributed by atoms with van der Waals surface area (Å²) in [5, 5.41) is 6.51. The number of carbonyl (C=O) groups excluding carboxylic acids is 2. The molecule has 1 aliphatic rings. The fourth-order valence-electron chi connectivity index (χ4n) is 3.49. The molecule has 2 aromatic heterocycles. The highest BCUT2D eigenvalue weighted by Gasteiger charge is 2.43. The molecule has 0 saturated heterocycles. The van der Waals surface area contributed by atoms with Gasteiger partial charge in [0, 0.05) is 18.0 Å². The summed E-state index contributed by atoms with van der Waals surface area (Å²) < 4.78 is 18.3. The van der Waals surface area contributed by atoms with Gasteiger partial charge < -0.3 is 9.84 Å². The zero-order chi connectivity index (χ0) is 23.8. The molecule has 0 unspecified atom stereocenters. The summed E-state index contributed by atoms with van der Waals surface area (Å²) in [6, 6.07) is 9.62. The number of anilines is 1. The number of hydrogen-bond donors (Lipinski definition) is 1. The summed E-state index contributed by atoms with van der Waals surface area (Å²) in [5.74, 6) is -0.0874. The topological polar surface area (TPSA) is 98.0 Å². The first-order chi connectivity index (χ1) is 15.6. The lowest BCUT2D eigenvalue weighted by Crippen LogP contribution is -2.15. The Morgan fingerprint density at radius 1 is 1.18 bits per heavy atom. The monoisotopic (exact) mass is 450 g/mol. The SMILES string of the molecule is Cc1cc(-c2ccnc(NC(=O)[C@H]3C[C@@H]3F)c2)ccc1CCC(=O)c1noc(C(C)(C)C)n1. The van der Waals surface area contributed by atoms with Gasteiger partial charge in [-0.2, -0.15) is 4.98 Å². The largest absolute Gasteiger partial charge is 0.338 e. The third-order valence-electron chi connectivity index (χ3n) is 5.67. The van der Waals surface area contributed by atoms with E-state index >= 15 is 0 Å². The molecular weight excluding hydrogens is 423 g/mol. The molecule has 4 rings (SSSR count). The molecule has 2 atom stereocenters. The van der Waals surface area contributed by atoms with E-state index in [1.807, 2.05) is 52.0 Å². The summed E-state index contributed by atoms with van der Waals surface area (Å²) in [6.45, 7) is 7.84. The number of carbonyl (C=O) groups is 2. The summed E-state index contributed by atoms with van der Waals surface area (Å²) >= 11 is 0. The van der Waals surface area contributed by atoms with Gasteiger partial charge in [-0.1, -0.05) is 44.1 Å². The number of ketones is 1. The standard InChI is InChI=1S/C25H27FN4O3/c1-14-11-16(17-9-10-27-21(12-17)28-23(32)18-13-19(18)26)6-5-15(14)7-8-20(31)22-29-24(33-30-22)25(2,3)4/h5-6,9-12,18-19H,7-8,13H2,1-4H3,(H,27,28,32)/t18-,19-/m0/s1. The molecule has 1 aliphatic carbocycles. The highest BCUT2D eigenvalue weighted by Crippen LogP contribution is 2.35. The van der Waals surface area contributed by atoms with Crippen molar-refractivity contribution >= 4 is 17.5 Å². The van der Waals surface area contributed by atoms with Gasteiger partial charge in [0.25, 0.3) is 0 Å². The van der Waals surface area contributed by atoms with Crippen molar-refractivity contribution in [3.63, 3.8) is 0 Å². The van der Waals surface area contributed by atoms with Crippen LogP contribution < -0.4 is 5.32 Å². The van der Waals surface area contributed by atoms with E-state index in [1.165, 1.54) is 0 Å². The summed E-state index contributed by atoms with van der Waals surface area (Å²) in [4.78, 5) is 32.9. The number of halogens is 1. The maximum absolute atomic E-state index is 13.1. The van der Waals surface area contributed by atoms with Crippen LogP contribution in [0.25, 0.3) is 11.1 Å². The van der Waals surface area contributed by atoms with Crippen LogP contribution in [0.2, 0.25) is 0 Å². The minimum atomic E-state index is -1.05. The minimum absolute atomic E-state index is 0.117. The fourth-order valence-corrected chi connectivity index (χ4v) is 3.49. The average Bonchev–Trinajstić information content (AvgIpc) is 3.28. The Bertz CT molecular complexity index is 1200. The van der Waals surface area contributed by atoms with E-state index in [9.17, 15) is 14.0 Å². The number of nitrogens with zero attached hydrogens (tertiary/aromatic N) is 3. The van der Waals surface area contributed by atoms with Crippen molar-refractivity contribution in [3.8, 4) is 11.1 Å². The second-order valence-corrected chi connectivity index (χ2v) is 9.51. The maximum Gasteiger partial charge on any atom is 0.238 e. The molecule has 8 heteroatoms. The number of amides is 1. The van der Waals surface area contributed by atoms with E-state index in [4.69, 9.17) is 4.52 Å². The Kier molecular flexibility index (Phi) is 6.10. The van der Waals surface area contributed by atoms with E-state index in [0.717, 1.165) is 22.3 Å². The molecule has 1 aromatic carbocycles. The second-order valence-electron chi connectivity index (χ2n) is 9.51. The Morgan fingerprint density at radius 2 is 1.91 bits per heavy atom. The van der Waals surface area contributed by atoms with Gasteiger partial charge in [-0.25, -0.2) is 9.37 Å². The molecule has 0 aliphatic heterocycles.